The predicted molar refractivity (Wildman–Crippen MR) is 151 cm³/mol. The van der Waals surface area contributed by atoms with Gasteiger partial charge in [-0.25, -0.2) is 9.97 Å². The fraction of sp³-hybridized carbons (Fsp3) is 0.400. The van der Waals surface area contributed by atoms with E-state index in [2.05, 4.69) is 25.1 Å². The summed E-state index contributed by atoms with van der Waals surface area (Å²) in [6, 6.07) is 10.9. The van der Waals surface area contributed by atoms with Crippen molar-refractivity contribution in [2.24, 2.45) is 0 Å². The lowest BCUT2D eigenvalue weighted by Gasteiger charge is -2.35. The van der Waals surface area contributed by atoms with Gasteiger partial charge in [0.1, 0.15) is 17.1 Å². The molecule has 0 radical (unpaired) electrons. The number of aliphatic hydroxyl groups excluding tert-OH is 1. The number of aromatic nitrogens is 3. The molecule has 4 aromatic rings. The molecule has 1 amide bonds. The minimum absolute atomic E-state index is 0.0489. The molecule has 0 aromatic carbocycles. The number of nitrogens with one attached hydrogen (secondary N) is 1. The Morgan fingerprint density at radius 1 is 1.05 bits per heavy atom. The average Bonchev–Trinajstić information content (AvgIpc) is 2.99. The summed E-state index contributed by atoms with van der Waals surface area (Å²) in [6.45, 7) is 3.16. The molecule has 1 saturated carbocycles. The number of alkyl halides is 3. The molecular formula is C30H31F3N6O3. The number of hydrogen-bond acceptors (Lipinski definition) is 7. The Kier molecular flexibility index (Phi) is 7.58. The molecule has 1 aliphatic heterocycles. The topological polar surface area (TPSA) is 103 Å². The molecule has 6 rings (SSSR count). The monoisotopic (exact) mass is 580 g/mol. The molecule has 5 heterocycles. The van der Waals surface area contributed by atoms with Crippen LogP contribution in [-0.2, 0) is 12.7 Å². The van der Waals surface area contributed by atoms with Crippen LogP contribution in [0.15, 0.2) is 59.7 Å². The molecule has 2 fully saturated rings. The van der Waals surface area contributed by atoms with Crippen LogP contribution in [0.2, 0.25) is 0 Å². The molecule has 0 bridgehead atoms. The zero-order chi connectivity index (χ0) is 29.4. The van der Waals surface area contributed by atoms with Gasteiger partial charge in [0.2, 0.25) is 0 Å². The van der Waals surface area contributed by atoms with Gasteiger partial charge in [0.25, 0.3) is 11.5 Å². The highest BCUT2D eigenvalue weighted by atomic mass is 19.4. The van der Waals surface area contributed by atoms with Gasteiger partial charge in [-0.2, -0.15) is 13.2 Å². The zero-order valence-corrected chi connectivity index (χ0v) is 22.8. The van der Waals surface area contributed by atoms with E-state index in [4.69, 9.17) is 0 Å². The first kappa shape index (κ1) is 28.1. The minimum Gasteiger partial charge on any atom is -0.391 e. The van der Waals surface area contributed by atoms with E-state index < -0.39 is 29.4 Å². The quantitative estimate of drug-likeness (QED) is 0.372. The number of nitrogens with zero attached hydrogens (tertiary/aromatic N) is 5. The molecule has 2 atom stereocenters. The number of halogens is 3. The first-order valence-corrected chi connectivity index (χ1v) is 14.1. The molecule has 42 heavy (non-hydrogen) atoms. The van der Waals surface area contributed by atoms with Crippen LogP contribution >= 0.6 is 0 Å². The number of fused-ring (bicyclic) bond motifs is 2. The van der Waals surface area contributed by atoms with E-state index in [1.54, 1.807) is 24.4 Å². The Labute approximate surface area is 239 Å². The predicted octanol–water partition coefficient (Wildman–Crippen LogP) is 3.62. The third-order valence-corrected chi connectivity index (χ3v) is 8.19. The molecule has 220 valence electrons. The summed E-state index contributed by atoms with van der Waals surface area (Å²) in [5.41, 5.74) is 0.459. The van der Waals surface area contributed by atoms with Crippen LogP contribution in [0, 0.1) is 0 Å². The van der Waals surface area contributed by atoms with Crippen LogP contribution in [0.5, 0.6) is 0 Å². The smallest absolute Gasteiger partial charge is 0.391 e. The van der Waals surface area contributed by atoms with Gasteiger partial charge in [0, 0.05) is 44.3 Å². The van der Waals surface area contributed by atoms with Gasteiger partial charge in [-0.1, -0.05) is 25.0 Å². The Morgan fingerprint density at radius 3 is 2.60 bits per heavy atom. The summed E-state index contributed by atoms with van der Waals surface area (Å²) in [7, 11) is 0. The van der Waals surface area contributed by atoms with E-state index in [0.717, 1.165) is 30.0 Å². The summed E-state index contributed by atoms with van der Waals surface area (Å²) >= 11 is 0. The van der Waals surface area contributed by atoms with Crippen molar-refractivity contribution in [1.29, 1.82) is 0 Å². The van der Waals surface area contributed by atoms with Crippen LogP contribution in [-0.4, -0.2) is 68.6 Å². The van der Waals surface area contributed by atoms with Gasteiger partial charge in [-0.05, 0) is 48.7 Å². The van der Waals surface area contributed by atoms with E-state index in [1.807, 2.05) is 12.1 Å². The van der Waals surface area contributed by atoms with Crippen LogP contribution in [0.1, 0.15) is 47.3 Å². The van der Waals surface area contributed by atoms with Gasteiger partial charge in [0.15, 0.2) is 0 Å². The molecule has 2 N–H and O–H groups in total. The SMILES string of the molecule is O=C(N[C@H]1CCCC[C@@H]1O)c1cc(CN2CCN(c3cc4ccc(C(F)(F)F)nc4cn3)CC2)c2ccccn2c1=O. The van der Waals surface area contributed by atoms with Crippen molar-refractivity contribution < 1.29 is 23.1 Å². The van der Waals surface area contributed by atoms with Crippen molar-refractivity contribution in [2.45, 2.75) is 50.6 Å². The van der Waals surface area contributed by atoms with Crippen molar-refractivity contribution in [3.63, 3.8) is 0 Å². The Morgan fingerprint density at radius 2 is 1.83 bits per heavy atom. The Balaban J connectivity index is 1.18. The standard InChI is InChI=1S/C30H31F3N6O3/c31-30(32,33)26-9-8-19-16-27(34-17-23(19)35-26)38-13-11-37(12-14-38)18-20-15-21(29(42)39-10-4-3-6-24(20)39)28(41)36-22-5-1-2-7-25(22)40/h3-4,6,8-10,15-17,22,25,40H,1-2,5,7,11-14,18H2,(H,36,41)/t22-,25-/m0/s1. The number of rotatable bonds is 5. The summed E-state index contributed by atoms with van der Waals surface area (Å²) in [4.78, 5) is 38.8. The van der Waals surface area contributed by atoms with Crippen LogP contribution < -0.4 is 15.8 Å². The highest BCUT2D eigenvalue weighted by Gasteiger charge is 2.32. The molecule has 1 aliphatic carbocycles. The molecule has 2 aliphatic rings. The second-order valence-corrected chi connectivity index (χ2v) is 11.0. The highest BCUT2D eigenvalue weighted by Crippen LogP contribution is 2.30. The van der Waals surface area contributed by atoms with Crippen LogP contribution in [0.3, 0.4) is 0 Å². The second kappa shape index (κ2) is 11.3. The first-order chi connectivity index (χ1) is 20.2. The van der Waals surface area contributed by atoms with E-state index in [9.17, 15) is 27.9 Å². The van der Waals surface area contributed by atoms with Crippen LogP contribution in [0.25, 0.3) is 16.4 Å². The second-order valence-electron chi connectivity index (χ2n) is 11.0. The normalized spacial score (nSPS) is 20.2. The third-order valence-electron chi connectivity index (χ3n) is 8.19. The third kappa shape index (κ3) is 5.68. The van der Waals surface area contributed by atoms with E-state index in [1.165, 1.54) is 16.7 Å². The lowest BCUT2D eigenvalue weighted by atomic mass is 9.92. The molecule has 9 nitrogen and oxygen atoms in total. The van der Waals surface area contributed by atoms with E-state index in [0.29, 0.717) is 56.8 Å². The van der Waals surface area contributed by atoms with Gasteiger partial charge in [-0.3, -0.25) is 18.9 Å². The maximum absolute atomic E-state index is 13.3. The van der Waals surface area contributed by atoms with Crippen molar-refractivity contribution in [1.82, 2.24) is 24.6 Å². The number of piperazine rings is 1. The minimum atomic E-state index is -4.51. The summed E-state index contributed by atoms with van der Waals surface area (Å²) in [5, 5.41) is 13.8. The molecule has 12 heteroatoms. The Bertz CT molecular complexity index is 1680. The lowest BCUT2D eigenvalue weighted by Crippen LogP contribution is -2.47. The average molecular weight is 581 g/mol. The first-order valence-electron chi connectivity index (χ1n) is 14.1. The van der Waals surface area contributed by atoms with Crippen molar-refractivity contribution in [2.75, 3.05) is 31.1 Å². The van der Waals surface area contributed by atoms with Gasteiger partial charge >= 0.3 is 6.18 Å². The Hall–Kier alpha value is -4.03. The number of pyridine rings is 4. The fourth-order valence-corrected chi connectivity index (χ4v) is 5.86. The summed E-state index contributed by atoms with van der Waals surface area (Å²) < 4.78 is 40.5. The zero-order valence-electron chi connectivity index (χ0n) is 22.8. The van der Waals surface area contributed by atoms with Crippen molar-refractivity contribution in [3.8, 4) is 0 Å². The van der Waals surface area contributed by atoms with Crippen molar-refractivity contribution in [3.05, 3.63) is 82.0 Å². The number of aliphatic hydroxyl groups is 1. The highest BCUT2D eigenvalue weighted by molar-refractivity contribution is 5.94. The van der Waals surface area contributed by atoms with E-state index >= 15 is 0 Å². The van der Waals surface area contributed by atoms with Gasteiger partial charge in [0.05, 0.1) is 29.4 Å². The molecule has 4 aromatic heterocycles. The van der Waals surface area contributed by atoms with Gasteiger partial charge in [-0.15, -0.1) is 0 Å². The number of amides is 1. The fourth-order valence-electron chi connectivity index (χ4n) is 5.86. The summed E-state index contributed by atoms with van der Waals surface area (Å²) in [6.07, 6.45) is 1.04. The molecular weight excluding hydrogens is 549 g/mol. The largest absolute Gasteiger partial charge is 0.433 e. The lowest BCUT2D eigenvalue weighted by molar-refractivity contribution is -0.140. The number of hydrogen-bond donors (Lipinski definition) is 2. The number of anilines is 1. The molecule has 0 unspecified atom stereocenters. The maximum Gasteiger partial charge on any atom is 0.433 e. The molecule has 1 saturated heterocycles. The van der Waals surface area contributed by atoms with Gasteiger partial charge < -0.3 is 15.3 Å². The maximum atomic E-state index is 13.3. The number of carbonyl (C=O) groups is 1. The van der Waals surface area contributed by atoms with Crippen LogP contribution in [0.4, 0.5) is 19.0 Å². The number of carbonyl (C=O) groups excluding carboxylic acids is 1. The van der Waals surface area contributed by atoms with E-state index in [-0.39, 0.29) is 17.1 Å². The molecule has 0 spiro atoms. The summed E-state index contributed by atoms with van der Waals surface area (Å²) in [5.74, 6) is 0.193. The van der Waals surface area contributed by atoms with Crippen molar-refractivity contribution >= 4 is 28.1 Å².